The molecule has 138 valence electrons. The second kappa shape index (κ2) is 6.99. The number of hydrogen-bond acceptors (Lipinski definition) is 5. The average Bonchev–Trinajstić information content (AvgIpc) is 2.60. The number of carbonyl (C=O) groups excluding carboxylic acids is 1. The van der Waals surface area contributed by atoms with Gasteiger partial charge in [-0.25, -0.2) is 4.79 Å². The zero-order valence-electron chi connectivity index (χ0n) is 14.1. The number of nitrogens with zero attached hydrogens (tertiary/aromatic N) is 1. The monoisotopic (exact) mass is 379 g/mol. The zero-order chi connectivity index (χ0) is 19.0. The lowest BCUT2D eigenvalue weighted by Gasteiger charge is -2.30. The summed E-state index contributed by atoms with van der Waals surface area (Å²) in [6.07, 6.45) is 0.982. The number of likely N-dealkylation sites (tertiary alicyclic amines) is 1. The fourth-order valence-electron chi connectivity index (χ4n) is 3.27. The van der Waals surface area contributed by atoms with Crippen LogP contribution in [0.3, 0.4) is 0 Å². The Morgan fingerprint density at radius 3 is 2.81 bits per heavy atom. The third-order valence-electron chi connectivity index (χ3n) is 4.81. The Morgan fingerprint density at radius 1 is 1.38 bits per heavy atom. The number of rotatable bonds is 3. The topological polar surface area (TPSA) is 108 Å². The van der Waals surface area contributed by atoms with Crippen LogP contribution >= 0.6 is 11.6 Å². The Labute approximate surface area is 153 Å². The minimum absolute atomic E-state index is 0.118. The Bertz CT molecular complexity index is 951. The van der Waals surface area contributed by atoms with E-state index < -0.39 is 17.5 Å². The summed E-state index contributed by atoms with van der Waals surface area (Å²) in [4.78, 5) is 37.5. The highest BCUT2D eigenvalue weighted by molar-refractivity contribution is 6.32. The second-order valence-electron chi connectivity index (χ2n) is 6.49. The normalized spacial score (nSPS) is 17.5. The van der Waals surface area contributed by atoms with Gasteiger partial charge in [-0.3, -0.25) is 9.59 Å². The Kier molecular flexibility index (Phi) is 4.91. The van der Waals surface area contributed by atoms with Gasteiger partial charge in [0.25, 0.3) is 0 Å². The van der Waals surface area contributed by atoms with E-state index in [4.69, 9.17) is 21.1 Å². The second-order valence-corrected chi connectivity index (χ2v) is 6.89. The van der Waals surface area contributed by atoms with Crippen LogP contribution in [0.2, 0.25) is 5.02 Å². The molecule has 7 nitrogen and oxygen atoms in total. The van der Waals surface area contributed by atoms with Crippen LogP contribution < -0.4 is 5.63 Å². The maximum atomic E-state index is 12.6. The number of halogens is 1. The van der Waals surface area contributed by atoms with Crippen LogP contribution in [0.15, 0.2) is 21.3 Å². The molecule has 8 heteroatoms. The first kappa shape index (κ1) is 18.3. The Balaban J connectivity index is 1.91. The van der Waals surface area contributed by atoms with Crippen molar-refractivity contribution in [2.45, 2.75) is 26.2 Å². The molecule has 1 unspecified atom stereocenters. The van der Waals surface area contributed by atoms with Crippen LogP contribution in [0, 0.1) is 12.8 Å². The van der Waals surface area contributed by atoms with Crippen LogP contribution in [0.5, 0.6) is 5.75 Å². The number of phenols is 1. The smallest absolute Gasteiger partial charge is 0.340 e. The number of aromatic hydroxyl groups is 1. The summed E-state index contributed by atoms with van der Waals surface area (Å²) in [5.41, 5.74) is 0.298. The molecule has 0 radical (unpaired) electrons. The van der Waals surface area contributed by atoms with E-state index in [-0.39, 0.29) is 40.8 Å². The molecule has 0 bridgehead atoms. The first-order valence-corrected chi connectivity index (χ1v) is 8.61. The van der Waals surface area contributed by atoms with Crippen LogP contribution in [0.1, 0.15) is 24.0 Å². The molecule has 0 aliphatic carbocycles. The number of amides is 1. The largest absolute Gasteiger partial charge is 0.506 e. The van der Waals surface area contributed by atoms with Crippen LogP contribution in [-0.4, -0.2) is 40.1 Å². The molecule has 1 aromatic heterocycles. The molecule has 1 atom stereocenters. The third-order valence-corrected chi connectivity index (χ3v) is 5.11. The van der Waals surface area contributed by atoms with Gasteiger partial charge in [-0.05, 0) is 31.4 Å². The van der Waals surface area contributed by atoms with Gasteiger partial charge in [-0.1, -0.05) is 11.6 Å². The quantitative estimate of drug-likeness (QED) is 0.792. The zero-order valence-corrected chi connectivity index (χ0v) is 14.9. The number of fused-ring (bicyclic) bond motifs is 1. The summed E-state index contributed by atoms with van der Waals surface area (Å²) in [5, 5.41) is 19.5. The highest BCUT2D eigenvalue weighted by Crippen LogP contribution is 2.31. The van der Waals surface area contributed by atoms with Crippen molar-refractivity contribution in [3.63, 3.8) is 0 Å². The summed E-state index contributed by atoms with van der Waals surface area (Å²) >= 11 is 5.92. The van der Waals surface area contributed by atoms with Crippen molar-refractivity contribution in [2.24, 2.45) is 5.92 Å². The number of carboxylic acids is 1. The summed E-state index contributed by atoms with van der Waals surface area (Å²) in [7, 11) is 0. The van der Waals surface area contributed by atoms with Gasteiger partial charge < -0.3 is 19.5 Å². The van der Waals surface area contributed by atoms with Crippen molar-refractivity contribution >= 4 is 34.4 Å². The van der Waals surface area contributed by atoms with Crippen molar-refractivity contribution in [3.8, 4) is 5.75 Å². The Hall–Kier alpha value is -2.54. The fraction of sp³-hybridized carbons (Fsp3) is 0.389. The first-order chi connectivity index (χ1) is 12.3. The minimum atomic E-state index is -0.918. The van der Waals surface area contributed by atoms with Gasteiger partial charge in [0, 0.05) is 24.5 Å². The number of aryl methyl sites for hydroxylation is 1. The van der Waals surface area contributed by atoms with Gasteiger partial charge in [0.15, 0.2) is 0 Å². The molecule has 1 aliphatic rings. The highest BCUT2D eigenvalue weighted by Gasteiger charge is 2.29. The van der Waals surface area contributed by atoms with Gasteiger partial charge >= 0.3 is 11.6 Å². The molecule has 1 aliphatic heterocycles. The van der Waals surface area contributed by atoms with E-state index in [0.29, 0.717) is 30.3 Å². The lowest BCUT2D eigenvalue weighted by molar-refractivity contribution is -0.145. The Morgan fingerprint density at radius 2 is 2.12 bits per heavy atom. The molecule has 2 aromatic rings. The molecule has 26 heavy (non-hydrogen) atoms. The van der Waals surface area contributed by atoms with Crippen molar-refractivity contribution in [1.29, 1.82) is 0 Å². The molecule has 2 heterocycles. The van der Waals surface area contributed by atoms with E-state index in [1.165, 1.54) is 17.0 Å². The van der Waals surface area contributed by atoms with Crippen molar-refractivity contribution < 1.29 is 24.2 Å². The molecular weight excluding hydrogens is 362 g/mol. The molecule has 1 amide bonds. The van der Waals surface area contributed by atoms with Crippen molar-refractivity contribution in [3.05, 3.63) is 38.7 Å². The van der Waals surface area contributed by atoms with E-state index in [1.54, 1.807) is 6.92 Å². The van der Waals surface area contributed by atoms with Gasteiger partial charge in [0.2, 0.25) is 5.91 Å². The fourth-order valence-corrected chi connectivity index (χ4v) is 3.43. The maximum Gasteiger partial charge on any atom is 0.340 e. The molecular formula is C18H18ClNO6. The van der Waals surface area contributed by atoms with E-state index in [0.717, 1.165) is 0 Å². The molecule has 2 N–H and O–H groups in total. The summed E-state index contributed by atoms with van der Waals surface area (Å²) in [5.74, 6) is -2.00. The van der Waals surface area contributed by atoms with E-state index in [9.17, 15) is 19.5 Å². The lowest BCUT2D eigenvalue weighted by atomic mass is 9.97. The van der Waals surface area contributed by atoms with Gasteiger partial charge in [-0.2, -0.15) is 0 Å². The molecule has 0 saturated carbocycles. The first-order valence-electron chi connectivity index (χ1n) is 8.23. The van der Waals surface area contributed by atoms with E-state index in [1.807, 2.05) is 0 Å². The van der Waals surface area contributed by atoms with E-state index >= 15 is 0 Å². The van der Waals surface area contributed by atoms with E-state index in [2.05, 4.69) is 0 Å². The van der Waals surface area contributed by atoms with Crippen LogP contribution in [0.25, 0.3) is 11.0 Å². The van der Waals surface area contributed by atoms with Gasteiger partial charge in [0.1, 0.15) is 11.3 Å². The number of benzene rings is 1. The standard InChI is InChI=1S/C18H18ClNO6/c1-9-11-5-13(19)14(21)7-15(11)26-18(25)12(9)6-16(22)20-4-2-3-10(8-20)17(23)24/h5,7,10,21H,2-4,6,8H2,1H3,(H,23,24). The number of piperidine rings is 1. The summed E-state index contributed by atoms with van der Waals surface area (Å²) in [6.45, 7) is 2.30. The number of phenolic OH excluding ortho intramolecular Hbond substituents is 1. The summed E-state index contributed by atoms with van der Waals surface area (Å²) < 4.78 is 5.22. The van der Waals surface area contributed by atoms with Crippen molar-refractivity contribution in [2.75, 3.05) is 13.1 Å². The minimum Gasteiger partial charge on any atom is -0.506 e. The number of hydrogen-bond donors (Lipinski definition) is 2. The third kappa shape index (κ3) is 3.39. The molecule has 3 rings (SSSR count). The summed E-state index contributed by atoms with van der Waals surface area (Å²) in [6, 6.07) is 2.75. The van der Waals surface area contributed by atoms with Gasteiger partial charge in [0.05, 0.1) is 22.9 Å². The predicted octanol–water partition coefficient (Wildman–Crippen LogP) is 2.33. The maximum absolute atomic E-state index is 12.6. The molecule has 1 aromatic carbocycles. The average molecular weight is 380 g/mol. The van der Waals surface area contributed by atoms with Crippen LogP contribution in [0.4, 0.5) is 0 Å². The number of carbonyl (C=O) groups is 2. The number of carboxylic acid groups (broad SMARTS) is 1. The molecule has 0 spiro atoms. The number of aliphatic carboxylic acids is 1. The molecule has 1 fully saturated rings. The SMILES string of the molecule is Cc1c(CC(=O)N2CCCC(C(=O)O)C2)c(=O)oc2cc(O)c(Cl)cc12. The highest BCUT2D eigenvalue weighted by atomic mass is 35.5. The predicted molar refractivity (Wildman–Crippen MR) is 94.5 cm³/mol. The van der Waals surface area contributed by atoms with Gasteiger partial charge in [-0.15, -0.1) is 0 Å². The lowest BCUT2D eigenvalue weighted by Crippen LogP contribution is -2.43. The van der Waals surface area contributed by atoms with Crippen LogP contribution in [-0.2, 0) is 16.0 Å². The van der Waals surface area contributed by atoms with Crippen molar-refractivity contribution in [1.82, 2.24) is 4.90 Å². The molecule has 1 saturated heterocycles.